The highest BCUT2D eigenvalue weighted by atomic mass is 19.2. The summed E-state index contributed by atoms with van der Waals surface area (Å²) in [7, 11) is 0. The zero-order chi connectivity index (χ0) is 11.6. The molecule has 0 saturated heterocycles. The van der Waals surface area contributed by atoms with E-state index in [1.165, 1.54) is 0 Å². The van der Waals surface area contributed by atoms with Crippen molar-refractivity contribution in [2.45, 2.75) is 20.3 Å². The Morgan fingerprint density at radius 3 is 2.40 bits per heavy atom. The van der Waals surface area contributed by atoms with Crippen LogP contribution in [-0.4, -0.2) is 5.78 Å². The van der Waals surface area contributed by atoms with E-state index in [4.69, 9.17) is 0 Å². The SMILES string of the molecule is CC(C)CC(=O)c1cc(F)cc(F)c1F. The van der Waals surface area contributed by atoms with E-state index in [1.54, 1.807) is 13.8 Å². The summed E-state index contributed by atoms with van der Waals surface area (Å²) in [6.07, 6.45) is 0.0693. The highest BCUT2D eigenvalue weighted by Gasteiger charge is 2.17. The normalized spacial score (nSPS) is 10.8. The summed E-state index contributed by atoms with van der Waals surface area (Å²) in [5.41, 5.74) is -0.513. The van der Waals surface area contributed by atoms with Crippen molar-refractivity contribution in [2.24, 2.45) is 5.92 Å². The molecule has 0 atom stereocenters. The molecular weight excluding hydrogens is 205 g/mol. The summed E-state index contributed by atoms with van der Waals surface area (Å²) in [4.78, 5) is 11.4. The van der Waals surface area contributed by atoms with E-state index in [0.717, 1.165) is 6.07 Å². The average molecular weight is 216 g/mol. The van der Waals surface area contributed by atoms with Crippen LogP contribution in [0.3, 0.4) is 0 Å². The summed E-state index contributed by atoms with van der Waals surface area (Å²) in [5.74, 6) is -4.12. The van der Waals surface area contributed by atoms with Crippen molar-refractivity contribution in [3.05, 3.63) is 35.1 Å². The van der Waals surface area contributed by atoms with Gasteiger partial charge in [-0.2, -0.15) is 0 Å². The molecule has 15 heavy (non-hydrogen) atoms. The van der Waals surface area contributed by atoms with Gasteiger partial charge in [0.15, 0.2) is 17.4 Å². The minimum Gasteiger partial charge on any atom is -0.294 e. The highest BCUT2D eigenvalue weighted by Crippen LogP contribution is 2.17. The third-order valence-electron chi connectivity index (χ3n) is 1.89. The third kappa shape index (κ3) is 2.81. The molecule has 1 aromatic carbocycles. The van der Waals surface area contributed by atoms with Gasteiger partial charge in [0.25, 0.3) is 0 Å². The molecule has 0 bridgehead atoms. The van der Waals surface area contributed by atoms with Crippen molar-refractivity contribution in [3.63, 3.8) is 0 Å². The Morgan fingerprint density at radius 1 is 1.27 bits per heavy atom. The maximum Gasteiger partial charge on any atom is 0.169 e. The van der Waals surface area contributed by atoms with E-state index in [0.29, 0.717) is 6.07 Å². The number of carbonyl (C=O) groups is 1. The lowest BCUT2D eigenvalue weighted by Gasteiger charge is -2.05. The number of rotatable bonds is 3. The number of benzene rings is 1. The summed E-state index contributed by atoms with van der Waals surface area (Å²) in [6, 6.07) is 1.14. The summed E-state index contributed by atoms with van der Waals surface area (Å²) in [6.45, 7) is 3.54. The molecule has 0 unspecified atom stereocenters. The Morgan fingerprint density at radius 2 is 1.87 bits per heavy atom. The second kappa shape index (κ2) is 4.47. The molecule has 0 spiro atoms. The highest BCUT2D eigenvalue weighted by molar-refractivity contribution is 5.96. The van der Waals surface area contributed by atoms with Gasteiger partial charge in [-0.3, -0.25) is 4.79 Å². The van der Waals surface area contributed by atoms with Gasteiger partial charge in [0.1, 0.15) is 5.82 Å². The van der Waals surface area contributed by atoms with E-state index in [1.807, 2.05) is 0 Å². The molecule has 0 aliphatic carbocycles. The molecule has 0 aliphatic rings. The first kappa shape index (κ1) is 11.8. The van der Waals surface area contributed by atoms with Gasteiger partial charge >= 0.3 is 0 Å². The lowest BCUT2D eigenvalue weighted by atomic mass is 10.0. The molecule has 1 nitrogen and oxygen atoms in total. The number of hydrogen-bond acceptors (Lipinski definition) is 1. The van der Waals surface area contributed by atoms with Crippen molar-refractivity contribution in [2.75, 3.05) is 0 Å². The zero-order valence-electron chi connectivity index (χ0n) is 8.48. The fourth-order valence-corrected chi connectivity index (χ4v) is 1.24. The lowest BCUT2D eigenvalue weighted by Crippen LogP contribution is -2.08. The first-order valence-corrected chi connectivity index (χ1v) is 4.59. The van der Waals surface area contributed by atoms with E-state index in [2.05, 4.69) is 0 Å². The van der Waals surface area contributed by atoms with Crippen molar-refractivity contribution in [1.82, 2.24) is 0 Å². The Kier molecular flexibility index (Phi) is 3.50. The topological polar surface area (TPSA) is 17.1 Å². The monoisotopic (exact) mass is 216 g/mol. The predicted molar refractivity (Wildman–Crippen MR) is 50.1 cm³/mol. The fraction of sp³-hybridized carbons (Fsp3) is 0.364. The van der Waals surface area contributed by atoms with Gasteiger partial charge in [-0.15, -0.1) is 0 Å². The number of ketones is 1. The van der Waals surface area contributed by atoms with Crippen molar-refractivity contribution >= 4 is 5.78 Å². The molecule has 0 amide bonds. The molecule has 1 aromatic rings. The Labute approximate surface area is 85.9 Å². The first-order valence-electron chi connectivity index (χ1n) is 4.59. The van der Waals surface area contributed by atoms with Crippen LogP contribution in [0.25, 0.3) is 0 Å². The van der Waals surface area contributed by atoms with Gasteiger partial charge in [-0.05, 0) is 12.0 Å². The molecule has 1 rings (SSSR count). The van der Waals surface area contributed by atoms with Crippen LogP contribution in [0.15, 0.2) is 12.1 Å². The molecule has 0 aliphatic heterocycles. The molecule has 0 fully saturated rings. The van der Waals surface area contributed by atoms with E-state index in [9.17, 15) is 18.0 Å². The molecule has 0 N–H and O–H groups in total. The van der Waals surface area contributed by atoms with Gasteiger partial charge in [0.2, 0.25) is 0 Å². The zero-order valence-corrected chi connectivity index (χ0v) is 8.48. The van der Waals surface area contributed by atoms with Gasteiger partial charge in [0, 0.05) is 12.5 Å². The standard InChI is InChI=1S/C11H11F3O/c1-6(2)3-10(15)8-4-7(12)5-9(13)11(8)14/h4-6H,3H2,1-2H3. The van der Waals surface area contributed by atoms with Crippen LogP contribution in [0, 0.1) is 23.4 Å². The maximum atomic E-state index is 13.1. The number of halogens is 3. The van der Waals surface area contributed by atoms with Gasteiger partial charge < -0.3 is 0 Å². The molecule has 0 aromatic heterocycles. The van der Waals surface area contributed by atoms with Crippen LogP contribution in [-0.2, 0) is 0 Å². The Bertz CT molecular complexity index is 386. The van der Waals surface area contributed by atoms with Gasteiger partial charge in [0.05, 0.1) is 5.56 Å². The summed E-state index contributed by atoms with van der Waals surface area (Å²) in [5, 5.41) is 0. The molecule has 0 radical (unpaired) electrons. The van der Waals surface area contributed by atoms with E-state index >= 15 is 0 Å². The molecule has 82 valence electrons. The van der Waals surface area contributed by atoms with E-state index in [-0.39, 0.29) is 12.3 Å². The molecular formula is C11H11F3O. The number of Topliss-reactive ketones (excluding diaryl/α,β-unsaturated/α-hetero) is 1. The molecule has 0 heterocycles. The van der Waals surface area contributed by atoms with Crippen LogP contribution in [0.4, 0.5) is 13.2 Å². The van der Waals surface area contributed by atoms with Crippen LogP contribution in [0.5, 0.6) is 0 Å². The average Bonchev–Trinajstić information content (AvgIpc) is 2.09. The van der Waals surface area contributed by atoms with Gasteiger partial charge in [-0.25, -0.2) is 13.2 Å². The smallest absolute Gasteiger partial charge is 0.169 e. The number of carbonyl (C=O) groups excluding carboxylic acids is 1. The second-order valence-electron chi connectivity index (χ2n) is 3.77. The minimum absolute atomic E-state index is 0.0169. The number of hydrogen-bond donors (Lipinski definition) is 0. The quantitative estimate of drug-likeness (QED) is 0.559. The van der Waals surface area contributed by atoms with E-state index < -0.39 is 28.8 Å². The predicted octanol–water partition coefficient (Wildman–Crippen LogP) is 3.33. The van der Waals surface area contributed by atoms with Crippen LogP contribution in [0.1, 0.15) is 30.6 Å². The molecule has 4 heteroatoms. The van der Waals surface area contributed by atoms with Crippen molar-refractivity contribution in [1.29, 1.82) is 0 Å². The first-order chi connectivity index (χ1) is 6.91. The Balaban J connectivity index is 3.08. The van der Waals surface area contributed by atoms with Crippen molar-refractivity contribution < 1.29 is 18.0 Å². The maximum absolute atomic E-state index is 13.1. The van der Waals surface area contributed by atoms with Gasteiger partial charge in [-0.1, -0.05) is 13.8 Å². The largest absolute Gasteiger partial charge is 0.294 e. The molecule has 0 saturated carbocycles. The van der Waals surface area contributed by atoms with Crippen molar-refractivity contribution in [3.8, 4) is 0 Å². The van der Waals surface area contributed by atoms with Crippen LogP contribution in [0.2, 0.25) is 0 Å². The Hall–Kier alpha value is -1.32. The summed E-state index contributed by atoms with van der Waals surface area (Å²) >= 11 is 0. The fourth-order valence-electron chi connectivity index (χ4n) is 1.24. The summed E-state index contributed by atoms with van der Waals surface area (Å²) < 4.78 is 38.6. The minimum atomic E-state index is -1.33. The van der Waals surface area contributed by atoms with Crippen LogP contribution >= 0.6 is 0 Å². The van der Waals surface area contributed by atoms with Crippen LogP contribution < -0.4 is 0 Å². The lowest BCUT2D eigenvalue weighted by molar-refractivity contribution is 0.0962. The second-order valence-corrected chi connectivity index (χ2v) is 3.77. The third-order valence-corrected chi connectivity index (χ3v) is 1.89.